The Kier molecular flexibility index (Phi) is 5.64. The molecule has 0 aliphatic heterocycles. The lowest BCUT2D eigenvalue weighted by atomic mass is 10.0. The molecule has 4 N–H and O–H groups in total. The number of nitrogens with one attached hydrogen (secondary N) is 2. The molecular formula is C27H22FN7O2S. The molecule has 11 heteroatoms. The fourth-order valence-corrected chi connectivity index (χ4v) is 5.11. The summed E-state index contributed by atoms with van der Waals surface area (Å²) < 4.78 is 37.8. The normalized spacial score (nSPS) is 11.9. The maximum atomic E-state index is 14.5. The van der Waals surface area contributed by atoms with Gasteiger partial charge in [-0.15, -0.1) is 0 Å². The van der Waals surface area contributed by atoms with Crippen molar-refractivity contribution in [1.82, 2.24) is 30.1 Å². The molecule has 0 spiro atoms. The number of H-pyrrole nitrogens is 2. The third kappa shape index (κ3) is 4.59. The first kappa shape index (κ1) is 23.7. The first-order chi connectivity index (χ1) is 18.2. The zero-order valence-electron chi connectivity index (χ0n) is 20.2. The van der Waals surface area contributed by atoms with Crippen molar-refractivity contribution in [2.75, 3.05) is 17.7 Å². The lowest BCUT2D eigenvalue weighted by Crippen LogP contribution is -2.06. The van der Waals surface area contributed by atoms with E-state index in [1.165, 1.54) is 18.4 Å². The average Bonchev–Trinajstić information content (AvgIpc) is 3.50. The number of fused-ring (bicyclic) bond motifs is 2. The lowest BCUT2D eigenvalue weighted by Gasteiger charge is -2.07. The molecule has 0 atom stereocenters. The Balaban J connectivity index is 1.43. The molecule has 0 aliphatic rings. The molecule has 0 radical (unpaired) electrons. The number of hydrogen-bond acceptors (Lipinski definition) is 7. The van der Waals surface area contributed by atoms with Gasteiger partial charge in [0.15, 0.2) is 0 Å². The molecule has 6 aromatic rings. The number of nitrogens with two attached hydrogens (primary N) is 1. The molecule has 38 heavy (non-hydrogen) atoms. The number of aryl methyl sites for hydroxylation is 1. The number of sulfone groups is 1. The number of anilines is 1. The van der Waals surface area contributed by atoms with Gasteiger partial charge < -0.3 is 10.7 Å². The van der Waals surface area contributed by atoms with Crippen molar-refractivity contribution in [2.45, 2.75) is 6.42 Å². The second-order valence-electron chi connectivity index (χ2n) is 9.23. The van der Waals surface area contributed by atoms with Crippen LogP contribution >= 0.6 is 0 Å². The fourth-order valence-electron chi connectivity index (χ4n) is 4.51. The van der Waals surface area contributed by atoms with Crippen molar-refractivity contribution in [2.24, 2.45) is 0 Å². The van der Waals surface area contributed by atoms with E-state index < -0.39 is 15.7 Å². The maximum absolute atomic E-state index is 14.5. The van der Waals surface area contributed by atoms with Crippen molar-refractivity contribution in [3.05, 3.63) is 78.6 Å². The molecule has 5 heterocycles. The van der Waals surface area contributed by atoms with E-state index in [0.29, 0.717) is 45.0 Å². The molecule has 6 rings (SSSR count). The first-order valence-corrected chi connectivity index (χ1v) is 13.8. The predicted molar refractivity (Wildman–Crippen MR) is 145 cm³/mol. The van der Waals surface area contributed by atoms with Gasteiger partial charge in [0.2, 0.25) is 0 Å². The molecule has 0 unspecified atom stereocenters. The number of hydrogen-bond donors (Lipinski definition) is 3. The zero-order chi connectivity index (χ0) is 26.4. The van der Waals surface area contributed by atoms with Crippen LogP contribution in [0.1, 0.15) is 5.56 Å². The van der Waals surface area contributed by atoms with Gasteiger partial charge in [0.05, 0.1) is 40.1 Å². The monoisotopic (exact) mass is 527 g/mol. The first-order valence-electron chi connectivity index (χ1n) is 11.7. The Labute approximate surface area is 216 Å². The van der Waals surface area contributed by atoms with Crippen molar-refractivity contribution in [3.8, 4) is 33.8 Å². The zero-order valence-corrected chi connectivity index (χ0v) is 21.1. The van der Waals surface area contributed by atoms with Gasteiger partial charge in [0, 0.05) is 41.4 Å². The number of pyridine rings is 3. The van der Waals surface area contributed by atoms with Crippen molar-refractivity contribution in [3.63, 3.8) is 0 Å². The summed E-state index contributed by atoms with van der Waals surface area (Å²) in [6.45, 7) is 0. The predicted octanol–water partition coefficient (Wildman–Crippen LogP) is 4.54. The Morgan fingerprint density at radius 3 is 2.61 bits per heavy atom. The highest BCUT2D eigenvalue weighted by Crippen LogP contribution is 2.34. The molecule has 190 valence electrons. The minimum absolute atomic E-state index is 0.0560. The third-order valence-electron chi connectivity index (χ3n) is 6.29. The van der Waals surface area contributed by atoms with Gasteiger partial charge in [-0.2, -0.15) is 5.10 Å². The molecule has 1 aromatic carbocycles. The van der Waals surface area contributed by atoms with E-state index >= 15 is 0 Å². The van der Waals surface area contributed by atoms with Crippen LogP contribution in [0.2, 0.25) is 0 Å². The molecule has 0 saturated heterocycles. The van der Waals surface area contributed by atoms with Crippen molar-refractivity contribution >= 4 is 37.5 Å². The second kappa shape index (κ2) is 9.03. The van der Waals surface area contributed by atoms with Crippen LogP contribution in [0.5, 0.6) is 0 Å². The summed E-state index contributed by atoms with van der Waals surface area (Å²) in [5.74, 6) is -0.496. The summed E-state index contributed by atoms with van der Waals surface area (Å²) in [7, 11) is -3.18. The number of nitrogens with zero attached hydrogens (tertiary/aromatic N) is 4. The number of rotatable bonds is 6. The Bertz CT molecular complexity index is 1950. The van der Waals surface area contributed by atoms with Gasteiger partial charge in [-0.05, 0) is 53.9 Å². The molecule has 0 saturated carbocycles. The second-order valence-corrected chi connectivity index (χ2v) is 11.5. The van der Waals surface area contributed by atoms with Crippen molar-refractivity contribution in [1.29, 1.82) is 0 Å². The molecular weight excluding hydrogens is 505 g/mol. The van der Waals surface area contributed by atoms with Crippen LogP contribution in [-0.2, 0) is 16.3 Å². The minimum atomic E-state index is -3.18. The third-order valence-corrected chi connectivity index (χ3v) is 7.24. The topological polar surface area (TPSA) is 143 Å². The van der Waals surface area contributed by atoms with E-state index in [-0.39, 0.29) is 12.2 Å². The van der Waals surface area contributed by atoms with Gasteiger partial charge in [-0.1, -0.05) is 6.07 Å². The summed E-state index contributed by atoms with van der Waals surface area (Å²) in [5, 5.41) is 8.34. The van der Waals surface area contributed by atoms with Gasteiger partial charge >= 0.3 is 0 Å². The van der Waals surface area contributed by atoms with Crippen LogP contribution in [0.3, 0.4) is 0 Å². The van der Waals surface area contributed by atoms with E-state index in [2.05, 4.69) is 25.1 Å². The van der Waals surface area contributed by atoms with Crippen LogP contribution < -0.4 is 5.73 Å². The maximum Gasteiger partial charge on any atom is 0.147 e. The van der Waals surface area contributed by atoms with Crippen LogP contribution in [0.4, 0.5) is 10.1 Å². The minimum Gasteiger partial charge on any atom is -0.397 e. The highest BCUT2D eigenvalue weighted by atomic mass is 32.2. The Hall–Kier alpha value is -4.64. The summed E-state index contributed by atoms with van der Waals surface area (Å²) in [6.07, 6.45) is 8.03. The lowest BCUT2D eigenvalue weighted by molar-refractivity contribution is 0.600. The van der Waals surface area contributed by atoms with Gasteiger partial charge in [0.1, 0.15) is 26.9 Å². The molecule has 0 bridgehead atoms. The number of aromatic amines is 2. The van der Waals surface area contributed by atoms with E-state index in [1.807, 2.05) is 24.3 Å². The van der Waals surface area contributed by atoms with Crippen LogP contribution in [-0.4, -0.2) is 50.6 Å². The quantitative estimate of drug-likeness (QED) is 0.288. The molecule has 0 fully saturated rings. The van der Waals surface area contributed by atoms with Gasteiger partial charge in [-0.3, -0.25) is 15.1 Å². The number of halogens is 1. The van der Waals surface area contributed by atoms with Crippen LogP contribution in [0.25, 0.3) is 55.7 Å². The van der Waals surface area contributed by atoms with E-state index in [9.17, 15) is 12.8 Å². The SMILES string of the molecule is CS(=O)(=O)CCc1cc(F)cc(-c2cncc3[nH]c(-c4n[nH]c5ccc(-c6cncc(N)c6)nc45)cc23)c1. The van der Waals surface area contributed by atoms with E-state index in [1.54, 1.807) is 30.9 Å². The van der Waals surface area contributed by atoms with E-state index in [0.717, 1.165) is 22.0 Å². The number of aromatic nitrogens is 6. The standard InChI is InChI=1S/C27H22FN7O2S/c1-38(36,37)5-4-15-6-16(8-18(28)7-15)21-13-31-14-25-20(21)10-24(32-25)27-26-23(34-35-27)3-2-22(33-26)17-9-19(29)12-30-11-17/h2-3,6-14,32H,4-5,29H2,1H3,(H,34,35). The smallest absolute Gasteiger partial charge is 0.147 e. The summed E-state index contributed by atoms with van der Waals surface area (Å²) in [4.78, 5) is 16.7. The largest absolute Gasteiger partial charge is 0.397 e. The molecule has 5 aromatic heterocycles. The van der Waals surface area contributed by atoms with E-state index in [4.69, 9.17) is 10.7 Å². The summed E-state index contributed by atoms with van der Waals surface area (Å²) in [6, 6.07) is 12.1. The molecule has 0 aliphatic carbocycles. The Morgan fingerprint density at radius 1 is 0.947 bits per heavy atom. The fraction of sp³-hybridized carbons (Fsp3) is 0.111. The highest BCUT2D eigenvalue weighted by molar-refractivity contribution is 7.90. The number of benzene rings is 1. The summed E-state index contributed by atoms with van der Waals surface area (Å²) in [5.41, 5.74) is 13.4. The average molecular weight is 528 g/mol. The molecule has 9 nitrogen and oxygen atoms in total. The van der Waals surface area contributed by atoms with Crippen molar-refractivity contribution < 1.29 is 12.8 Å². The van der Waals surface area contributed by atoms with Crippen LogP contribution in [0, 0.1) is 5.82 Å². The number of nitrogen functional groups attached to an aromatic ring is 1. The van der Waals surface area contributed by atoms with Crippen LogP contribution in [0.15, 0.2) is 67.3 Å². The highest BCUT2D eigenvalue weighted by Gasteiger charge is 2.17. The molecule has 0 amide bonds. The van der Waals surface area contributed by atoms with Gasteiger partial charge in [0.25, 0.3) is 0 Å². The summed E-state index contributed by atoms with van der Waals surface area (Å²) >= 11 is 0. The Morgan fingerprint density at radius 2 is 1.79 bits per heavy atom. The van der Waals surface area contributed by atoms with Gasteiger partial charge in [-0.25, -0.2) is 17.8 Å².